The van der Waals surface area contributed by atoms with E-state index < -0.39 is 9.84 Å². The second kappa shape index (κ2) is 6.74. The molecule has 20 heavy (non-hydrogen) atoms. The highest BCUT2D eigenvalue weighted by Gasteiger charge is 2.14. The predicted molar refractivity (Wildman–Crippen MR) is 80.5 cm³/mol. The number of benzene rings is 1. The average molecular weight is 298 g/mol. The van der Waals surface area contributed by atoms with Crippen molar-refractivity contribution >= 4 is 21.4 Å². The Morgan fingerprint density at radius 2 is 1.75 bits per heavy atom. The fourth-order valence-corrected chi connectivity index (χ4v) is 2.21. The van der Waals surface area contributed by atoms with E-state index in [1.54, 1.807) is 19.1 Å². The van der Waals surface area contributed by atoms with Gasteiger partial charge in [-0.2, -0.15) is 0 Å². The van der Waals surface area contributed by atoms with E-state index in [1.165, 1.54) is 12.1 Å². The van der Waals surface area contributed by atoms with Gasteiger partial charge in [0.25, 0.3) is 0 Å². The third-order valence-corrected chi connectivity index (χ3v) is 4.19. The Morgan fingerprint density at radius 1 is 1.20 bits per heavy atom. The standard InChI is InChI=1S/C14H22N2O3S/c1-5-10(2)15-14(17)11(3)16-12-6-8-13(9-7-12)20(4,18)19/h6-11,16H,5H2,1-4H3,(H,15,17). The molecule has 0 aliphatic rings. The molecule has 2 unspecified atom stereocenters. The minimum absolute atomic E-state index is 0.0773. The van der Waals surface area contributed by atoms with Gasteiger partial charge in [0.15, 0.2) is 9.84 Å². The van der Waals surface area contributed by atoms with E-state index in [9.17, 15) is 13.2 Å². The number of amides is 1. The first-order valence-electron chi connectivity index (χ1n) is 6.61. The second-order valence-corrected chi connectivity index (χ2v) is 7.00. The van der Waals surface area contributed by atoms with E-state index in [2.05, 4.69) is 10.6 Å². The van der Waals surface area contributed by atoms with Gasteiger partial charge in [0.05, 0.1) is 4.90 Å². The van der Waals surface area contributed by atoms with Crippen LogP contribution < -0.4 is 10.6 Å². The van der Waals surface area contributed by atoms with Crippen LogP contribution in [0.4, 0.5) is 5.69 Å². The fourth-order valence-electron chi connectivity index (χ4n) is 1.58. The molecule has 0 aliphatic carbocycles. The summed E-state index contributed by atoms with van der Waals surface area (Å²) in [5.41, 5.74) is 0.712. The lowest BCUT2D eigenvalue weighted by Crippen LogP contribution is -2.41. The molecular formula is C14H22N2O3S. The van der Waals surface area contributed by atoms with Crippen molar-refractivity contribution in [2.24, 2.45) is 0 Å². The summed E-state index contributed by atoms with van der Waals surface area (Å²) in [5.74, 6) is -0.0773. The SMILES string of the molecule is CCC(C)NC(=O)C(C)Nc1ccc(S(C)(=O)=O)cc1. The molecule has 0 saturated heterocycles. The van der Waals surface area contributed by atoms with E-state index in [-0.39, 0.29) is 22.9 Å². The van der Waals surface area contributed by atoms with Crippen molar-refractivity contribution in [3.05, 3.63) is 24.3 Å². The summed E-state index contributed by atoms with van der Waals surface area (Å²) in [5, 5.41) is 5.93. The van der Waals surface area contributed by atoms with Crippen LogP contribution >= 0.6 is 0 Å². The Kier molecular flexibility index (Phi) is 5.56. The van der Waals surface area contributed by atoms with Gasteiger partial charge < -0.3 is 10.6 Å². The normalized spacial score (nSPS) is 14.4. The van der Waals surface area contributed by atoms with Gasteiger partial charge in [-0.1, -0.05) is 6.92 Å². The molecule has 112 valence electrons. The molecule has 2 N–H and O–H groups in total. The van der Waals surface area contributed by atoms with Gasteiger partial charge in [0, 0.05) is 18.0 Å². The van der Waals surface area contributed by atoms with Gasteiger partial charge in [-0.3, -0.25) is 4.79 Å². The zero-order valence-corrected chi connectivity index (χ0v) is 13.1. The maximum Gasteiger partial charge on any atom is 0.242 e. The minimum Gasteiger partial charge on any atom is -0.374 e. The number of hydrogen-bond donors (Lipinski definition) is 2. The molecule has 0 fully saturated rings. The minimum atomic E-state index is -3.19. The molecule has 0 aliphatic heterocycles. The molecule has 0 aromatic heterocycles. The first-order valence-corrected chi connectivity index (χ1v) is 8.50. The molecule has 1 amide bonds. The number of hydrogen-bond acceptors (Lipinski definition) is 4. The second-order valence-electron chi connectivity index (χ2n) is 4.98. The Morgan fingerprint density at radius 3 is 2.20 bits per heavy atom. The van der Waals surface area contributed by atoms with Crippen LogP contribution in [0.15, 0.2) is 29.2 Å². The number of nitrogens with one attached hydrogen (secondary N) is 2. The van der Waals surface area contributed by atoms with Crippen LogP contribution in [0.2, 0.25) is 0 Å². The van der Waals surface area contributed by atoms with Crippen LogP contribution in [0, 0.1) is 0 Å². The molecular weight excluding hydrogens is 276 g/mol. The lowest BCUT2D eigenvalue weighted by atomic mass is 10.2. The maximum atomic E-state index is 11.9. The number of carbonyl (C=O) groups excluding carboxylic acids is 1. The summed E-state index contributed by atoms with van der Waals surface area (Å²) in [6.45, 7) is 5.72. The van der Waals surface area contributed by atoms with Crippen LogP contribution in [0.5, 0.6) is 0 Å². The largest absolute Gasteiger partial charge is 0.374 e. The lowest BCUT2D eigenvalue weighted by molar-refractivity contribution is -0.122. The molecule has 0 spiro atoms. The van der Waals surface area contributed by atoms with Crippen molar-refractivity contribution < 1.29 is 13.2 Å². The Hall–Kier alpha value is -1.56. The van der Waals surface area contributed by atoms with Crippen molar-refractivity contribution in [2.45, 2.75) is 44.2 Å². The van der Waals surface area contributed by atoms with Crippen LogP contribution in [0.25, 0.3) is 0 Å². The summed E-state index contributed by atoms with van der Waals surface area (Å²) in [4.78, 5) is 12.1. The quantitative estimate of drug-likeness (QED) is 0.840. The van der Waals surface area contributed by atoms with Crippen LogP contribution in [-0.2, 0) is 14.6 Å². The number of sulfone groups is 1. The summed E-state index contributed by atoms with van der Waals surface area (Å²) in [6, 6.07) is 6.12. The Labute approximate surface area is 120 Å². The number of carbonyl (C=O) groups is 1. The van der Waals surface area contributed by atoms with Crippen molar-refractivity contribution in [3.63, 3.8) is 0 Å². The smallest absolute Gasteiger partial charge is 0.242 e. The molecule has 5 nitrogen and oxygen atoms in total. The molecule has 2 atom stereocenters. The third-order valence-electron chi connectivity index (χ3n) is 3.06. The first-order chi connectivity index (χ1) is 9.24. The summed E-state index contributed by atoms with van der Waals surface area (Å²) < 4.78 is 22.7. The maximum absolute atomic E-state index is 11.9. The highest BCUT2D eigenvalue weighted by atomic mass is 32.2. The fraction of sp³-hybridized carbons (Fsp3) is 0.500. The van der Waals surface area contributed by atoms with Crippen LogP contribution in [0.1, 0.15) is 27.2 Å². The molecule has 6 heteroatoms. The van der Waals surface area contributed by atoms with Gasteiger partial charge in [0.1, 0.15) is 6.04 Å². The molecule has 1 rings (SSSR count). The molecule has 0 bridgehead atoms. The Bertz CT molecular complexity index is 552. The molecule has 1 aromatic rings. The molecule has 0 saturated carbocycles. The van der Waals surface area contributed by atoms with E-state index in [1.807, 2.05) is 13.8 Å². The summed E-state index contributed by atoms with van der Waals surface area (Å²) >= 11 is 0. The molecule has 0 heterocycles. The molecule has 1 aromatic carbocycles. The zero-order chi connectivity index (χ0) is 15.3. The number of anilines is 1. The third kappa shape index (κ3) is 4.85. The first kappa shape index (κ1) is 16.5. The van der Waals surface area contributed by atoms with Crippen molar-refractivity contribution in [2.75, 3.05) is 11.6 Å². The van der Waals surface area contributed by atoms with Gasteiger partial charge in [-0.25, -0.2) is 8.42 Å². The zero-order valence-electron chi connectivity index (χ0n) is 12.3. The molecule has 0 radical (unpaired) electrons. The van der Waals surface area contributed by atoms with Crippen LogP contribution in [0.3, 0.4) is 0 Å². The summed E-state index contributed by atoms with van der Waals surface area (Å²) in [7, 11) is -3.19. The van der Waals surface area contributed by atoms with Gasteiger partial charge >= 0.3 is 0 Å². The lowest BCUT2D eigenvalue weighted by Gasteiger charge is -2.18. The van der Waals surface area contributed by atoms with E-state index in [4.69, 9.17) is 0 Å². The van der Waals surface area contributed by atoms with Crippen molar-refractivity contribution in [1.82, 2.24) is 5.32 Å². The van der Waals surface area contributed by atoms with E-state index in [0.29, 0.717) is 5.69 Å². The highest BCUT2D eigenvalue weighted by Crippen LogP contribution is 2.14. The monoisotopic (exact) mass is 298 g/mol. The van der Waals surface area contributed by atoms with Crippen molar-refractivity contribution in [3.8, 4) is 0 Å². The predicted octanol–water partition coefficient (Wildman–Crippen LogP) is 1.81. The summed E-state index contributed by atoms with van der Waals surface area (Å²) in [6.07, 6.45) is 2.04. The topological polar surface area (TPSA) is 75.3 Å². The van der Waals surface area contributed by atoms with Crippen LogP contribution in [-0.4, -0.2) is 32.7 Å². The average Bonchev–Trinajstić information content (AvgIpc) is 2.38. The van der Waals surface area contributed by atoms with Gasteiger partial charge in [-0.15, -0.1) is 0 Å². The van der Waals surface area contributed by atoms with Crippen molar-refractivity contribution in [1.29, 1.82) is 0 Å². The highest BCUT2D eigenvalue weighted by molar-refractivity contribution is 7.90. The van der Waals surface area contributed by atoms with Gasteiger partial charge in [-0.05, 0) is 44.5 Å². The van der Waals surface area contributed by atoms with E-state index >= 15 is 0 Å². The Balaban J connectivity index is 2.67. The van der Waals surface area contributed by atoms with Gasteiger partial charge in [0.2, 0.25) is 5.91 Å². The van der Waals surface area contributed by atoms with E-state index in [0.717, 1.165) is 12.7 Å². The number of rotatable bonds is 6.